The highest BCUT2D eigenvalue weighted by atomic mass is 32.2. The Morgan fingerprint density at radius 2 is 1.97 bits per heavy atom. The van der Waals surface area contributed by atoms with Crippen molar-refractivity contribution in [3.63, 3.8) is 0 Å². The maximum atomic E-state index is 12.5. The van der Waals surface area contributed by atoms with Gasteiger partial charge in [-0.05, 0) is 23.8 Å². The number of nitro groups is 1. The van der Waals surface area contributed by atoms with E-state index in [1.54, 1.807) is 18.2 Å². The molecule has 12 heteroatoms. The fourth-order valence-corrected chi connectivity index (χ4v) is 3.66. The summed E-state index contributed by atoms with van der Waals surface area (Å²) in [6, 6.07) is 8.66. The van der Waals surface area contributed by atoms with E-state index < -0.39 is 27.4 Å². The van der Waals surface area contributed by atoms with E-state index in [1.807, 2.05) is 0 Å². The number of fused-ring (bicyclic) bond motifs is 1. The molecule has 1 N–H and O–H groups in total. The lowest BCUT2D eigenvalue weighted by molar-refractivity contribution is -0.384. The summed E-state index contributed by atoms with van der Waals surface area (Å²) < 4.78 is 41.0. The molecule has 0 fully saturated rings. The number of nitrogens with zero attached hydrogens (tertiary/aromatic N) is 2. The second kappa shape index (κ2) is 8.45. The number of sulfonamides is 1. The number of benzene rings is 2. The van der Waals surface area contributed by atoms with Crippen LogP contribution >= 0.6 is 0 Å². The van der Waals surface area contributed by atoms with Gasteiger partial charge in [0, 0.05) is 18.7 Å². The molecule has 0 aromatic heterocycles. The normalized spacial score (nSPS) is 12.3. The lowest BCUT2D eigenvalue weighted by atomic mass is 10.2. The molecule has 1 aliphatic heterocycles. The standard InChI is InChI=1S/C18H19N3O8S/c1-27-15-6-4-13(21(23)24)8-14(15)20(30(2,25)26)10-18(22)19-9-12-3-5-16-17(7-12)29-11-28-16/h3-8H,9-11H2,1-2H3,(H,19,22). The number of methoxy groups -OCH3 is 1. The van der Waals surface area contributed by atoms with Crippen molar-refractivity contribution in [2.24, 2.45) is 0 Å². The first-order valence-corrected chi connectivity index (χ1v) is 10.5. The molecule has 0 radical (unpaired) electrons. The second-order valence-corrected chi connectivity index (χ2v) is 8.25. The minimum atomic E-state index is -3.95. The second-order valence-electron chi connectivity index (χ2n) is 6.35. The highest BCUT2D eigenvalue weighted by Crippen LogP contribution is 2.34. The molecule has 0 saturated carbocycles. The summed E-state index contributed by atoms with van der Waals surface area (Å²) in [5.74, 6) is 0.633. The van der Waals surface area contributed by atoms with Crippen molar-refractivity contribution < 1.29 is 32.3 Å². The largest absolute Gasteiger partial charge is 0.495 e. The van der Waals surface area contributed by atoms with Gasteiger partial charge < -0.3 is 19.5 Å². The minimum absolute atomic E-state index is 0.0783. The molecule has 0 spiro atoms. The summed E-state index contributed by atoms with van der Waals surface area (Å²) in [5.41, 5.74) is 0.291. The maximum Gasteiger partial charge on any atom is 0.271 e. The third kappa shape index (κ3) is 4.71. The number of ether oxygens (including phenoxy) is 3. The predicted octanol–water partition coefficient (Wildman–Crippen LogP) is 1.41. The monoisotopic (exact) mass is 437 g/mol. The Kier molecular flexibility index (Phi) is 5.96. The van der Waals surface area contributed by atoms with Crippen LogP contribution < -0.4 is 23.8 Å². The molecule has 2 aromatic rings. The van der Waals surface area contributed by atoms with E-state index in [0.29, 0.717) is 11.5 Å². The van der Waals surface area contributed by atoms with E-state index >= 15 is 0 Å². The predicted molar refractivity (Wildman–Crippen MR) is 106 cm³/mol. The van der Waals surface area contributed by atoms with Crippen molar-refractivity contribution in [1.29, 1.82) is 0 Å². The Morgan fingerprint density at radius 3 is 2.63 bits per heavy atom. The molecule has 0 atom stereocenters. The van der Waals surface area contributed by atoms with Crippen LogP contribution in [-0.2, 0) is 21.4 Å². The zero-order valence-corrected chi connectivity index (χ0v) is 17.0. The first-order chi connectivity index (χ1) is 14.2. The van der Waals surface area contributed by atoms with Gasteiger partial charge in [0.2, 0.25) is 22.7 Å². The molecule has 1 amide bonds. The maximum absolute atomic E-state index is 12.5. The first kappa shape index (κ1) is 21.2. The van der Waals surface area contributed by atoms with Crippen molar-refractivity contribution in [2.45, 2.75) is 6.54 Å². The highest BCUT2D eigenvalue weighted by molar-refractivity contribution is 7.92. The fraction of sp³-hybridized carbons (Fsp3) is 0.278. The summed E-state index contributed by atoms with van der Waals surface area (Å²) in [5, 5.41) is 13.7. The van der Waals surface area contributed by atoms with Gasteiger partial charge in [0.05, 0.1) is 18.3 Å². The van der Waals surface area contributed by atoms with Gasteiger partial charge in [0.15, 0.2) is 11.5 Å². The lowest BCUT2D eigenvalue weighted by Gasteiger charge is -2.23. The molecule has 0 unspecified atom stereocenters. The molecule has 0 saturated heterocycles. The third-order valence-corrected chi connectivity index (χ3v) is 5.38. The van der Waals surface area contributed by atoms with Crippen molar-refractivity contribution >= 4 is 27.3 Å². The van der Waals surface area contributed by atoms with Gasteiger partial charge in [0.25, 0.3) is 5.69 Å². The number of anilines is 1. The Labute approximate surface area is 172 Å². The Hall–Kier alpha value is -3.54. The van der Waals surface area contributed by atoms with E-state index in [1.165, 1.54) is 19.2 Å². The molecule has 2 aromatic carbocycles. The molecular formula is C18H19N3O8S. The van der Waals surface area contributed by atoms with Crippen molar-refractivity contribution in [2.75, 3.05) is 31.0 Å². The van der Waals surface area contributed by atoms with Crippen molar-refractivity contribution in [3.8, 4) is 17.2 Å². The number of non-ortho nitro benzene ring substituents is 1. The topological polar surface area (TPSA) is 137 Å². The van der Waals surface area contributed by atoms with Crippen LogP contribution in [0, 0.1) is 10.1 Å². The molecule has 0 bridgehead atoms. The summed E-state index contributed by atoms with van der Waals surface area (Å²) in [4.78, 5) is 22.9. The SMILES string of the molecule is COc1ccc([N+](=O)[O-])cc1N(CC(=O)NCc1ccc2c(c1)OCO2)S(C)(=O)=O. The number of rotatable bonds is 8. The smallest absolute Gasteiger partial charge is 0.271 e. The van der Waals surface area contributed by atoms with Gasteiger partial charge in [0.1, 0.15) is 18.0 Å². The van der Waals surface area contributed by atoms with Crippen molar-refractivity contribution in [1.82, 2.24) is 5.32 Å². The van der Waals surface area contributed by atoms with Gasteiger partial charge in [-0.3, -0.25) is 19.2 Å². The Morgan fingerprint density at radius 1 is 1.23 bits per heavy atom. The van der Waals surface area contributed by atoms with Crippen LogP contribution in [0.1, 0.15) is 5.56 Å². The fourth-order valence-electron chi connectivity index (χ4n) is 2.81. The van der Waals surface area contributed by atoms with E-state index in [4.69, 9.17) is 14.2 Å². The van der Waals surface area contributed by atoms with E-state index in [-0.39, 0.29) is 30.5 Å². The quantitative estimate of drug-likeness (QED) is 0.483. The Bertz CT molecular complexity index is 1090. The first-order valence-electron chi connectivity index (χ1n) is 8.64. The van der Waals surface area contributed by atoms with Gasteiger partial charge in [-0.15, -0.1) is 0 Å². The lowest BCUT2D eigenvalue weighted by Crippen LogP contribution is -2.40. The highest BCUT2D eigenvalue weighted by Gasteiger charge is 2.26. The molecule has 3 rings (SSSR count). The summed E-state index contributed by atoms with van der Waals surface area (Å²) in [6.45, 7) is -0.334. The van der Waals surface area contributed by atoms with E-state index in [0.717, 1.165) is 22.2 Å². The van der Waals surface area contributed by atoms with Gasteiger partial charge in [-0.2, -0.15) is 0 Å². The number of hydrogen-bond acceptors (Lipinski definition) is 8. The average molecular weight is 437 g/mol. The van der Waals surface area contributed by atoms with E-state index in [2.05, 4.69) is 5.32 Å². The summed E-state index contributed by atoms with van der Waals surface area (Å²) >= 11 is 0. The minimum Gasteiger partial charge on any atom is -0.495 e. The number of amides is 1. The average Bonchev–Trinajstić information content (AvgIpc) is 3.17. The van der Waals surface area contributed by atoms with E-state index in [9.17, 15) is 23.3 Å². The number of hydrogen-bond donors (Lipinski definition) is 1. The van der Waals surface area contributed by atoms with Crippen LogP contribution in [0.3, 0.4) is 0 Å². The van der Waals surface area contributed by atoms with Gasteiger partial charge in [-0.25, -0.2) is 8.42 Å². The molecule has 160 valence electrons. The molecule has 0 aliphatic carbocycles. The zero-order valence-electron chi connectivity index (χ0n) is 16.2. The number of nitro benzene ring substituents is 1. The third-order valence-electron chi connectivity index (χ3n) is 4.26. The molecule has 1 aliphatic rings. The van der Waals surface area contributed by atoms with Crippen LogP contribution in [0.5, 0.6) is 17.2 Å². The zero-order chi connectivity index (χ0) is 21.9. The van der Waals surface area contributed by atoms with Gasteiger partial charge >= 0.3 is 0 Å². The molecule has 11 nitrogen and oxygen atoms in total. The number of carbonyl (C=O) groups is 1. The molecule has 1 heterocycles. The Balaban J connectivity index is 1.78. The summed E-state index contributed by atoms with van der Waals surface area (Å²) in [7, 11) is -2.65. The van der Waals surface area contributed by atoms with Gasteiger partial charge in [-0.1, -0.05) is 6.07 Å². The van der Waals surface area contributed by atoms with Crippen LogP contribution in [0.2, 0.25) is 0 Å². The van der Waals surface area contributed by atoms with Crippen LogP contribution in [0.15, 0.2) is 36.4 Å². The number of carbonyl (C=O) groups excluding carboxylic acids is 1. The molecule has 30 heavy (non-hydrogen) atoms. The number of nitrogens with one attached hydrogen (secondary N) is 1. The summed E-state index contributed by atoms with van der Waals surface area (Å²) in [6.07, 6.45) is 0.899. The van der Waals surface area contributed by atoms with Crippen LogP contribution in [0.25, 0.3) is 0 Å². The molecular weight excluding hydrogens is 418 g/mol. The van der Waals surface area contributed by atoms with Crippen molar-refractivity contribution in [3.05, 3.63) is 52.1 Å². The van der Waals surface area contributed by atoms with Crippen LogP contribution in [0.4, 0.5) is 11.4 Å². The van der Waals surface area contributed by atoms with Crippen LogP contribution in [-0.4, -0.2) is 46.0 Å².